The smallest absolute Gasteiger partial charge is 0.349 e. The molecule has 0 atom stereocenters. The van der Waals surface area contributed by atoms with Crippen LogP contribution in [0.1, 0.15) is 26.3 Å². The maximum Gasteiger partial charge on any atom is 0.349 e. The van der Waals surface area contributed by atoms with E-state index in [2.05, 4.69) is 30.9 Å². The first-order chi connectivity index (χ1) is 13.3. The molecule has 0 aliphatic heterocycles. The number of ether oxygens (including phenoxy) is 2. The summed E-state index contributed by atoms with van der Waals surface area (Å²) < 4.78 is 12.0. The van der Waals surface area contributed by atoms with Crippen LogP contribution in [-0.4, -0.2) is 29.6 Å². The first-order valence-corrected chi connectivity index (χ1v) is 8.88. The van der Waals surface area contributed by atoms with Gasteiger partial charge in [0.15, 0.2) is 11.5 Å². The summed E-state index contributed by atoms with van der Waals surface area (Å²) >= 11 is 0. The molecule has 0 aliphatic rings. The molecule has 3 rings (SSSR count). The normalized spacial score (nSPS) is 11.9. The summed E-state index contributed by atoms with van der Waals surface area (Å²) in [5.74, 6) is 1.17. The Hall–Kier alpha value is -3.35. The SMILES string of the molecule is COc1cc(C=Nn2c(=O)[nH]c3ccccc3c2=O)ccc1OCC(C)(C)C. The van der Waals surface area contributed by atoms with Crippen LogP contribution in [0, 0.1) is 5.41 Å². The molecule has 0 radical (unpaired) electrons. The van der Waals surface area contributed by atoms with Gasteiger partial charge >= 0.3 is 5.69 Å². The lowest BCUT2D eigenvalue weighted by Gasteiger charge is -2.20. The molecular formula is C21H23N3O4. The van der Waals surface area contributed by atoms with Gasteiger partial charge in [0.2, 0.25) is 0 Å². The highest BCUT2D eigenvalue weighted by Crippen LogP contribution is 2.29. The van der Waals surface area contributed by atoms with Crippen molar-refractivity contribution in [1.82, 2.24) is 9.66 Å². The highest BCUT2D eigenvalue weighted by Gasteiger charge is 2.13. The zero-order chi connectivity index (χ0) is 20.3. The summed E-state index contributed by atoms with van der Waals surface area (Å²) in [4.78, 5) is 27.3. The Bertz CT molecular complexity index is 1140. The van der Waals surface area contributed by atoms with E-state index >= 15 is 0 Å². The van der Waals surface area contributed by atoms with E-state index in [1.807, 2.05) is 0 Å². The summed E-state index contributed by atoms with van der Waals surface area (Å²) in [6, 6.07) is 12.1. The maximum atomic E-state index is 12.5. The molecule has 0 saturated carbocycles. The molecule has 2 aromatic carbocycles. The Balaban J connectivity index is 1.92. The summed E-state index contributed by atoms with van der Waals surface area (Å²) in [5.41, 5.74) is 0.0822. The summed E-state index contributed by atoms with van der Waals surface area (Å²) in [6.07, 6.45) is 1.43. The molecule has 0 spiro atoms. The molecule has 0 unspecified atom stereocenters. The van der Waals surface area contributed by atoms with E-state index in [4.69, 9.17) is 9.47 Å². The lowest BCUT2D eigenvalue weighted by Crippen LogP contribution is -2.32. The summed E-state index contributed by atoms with van der Waals surface area (Å²) in [6.45, 7) is 6.79. The van der Waals surface area contributed by atoms with Crippen molar-refractivity contribution in [3.63, 3.8) is 0 Å². The van der Waals surface area contributed by atoms with Crippen LogP contribution in [0.5, 0.6) is 11.5 Å². The number of methoxy groups -OCH3 is 1. The molecule has 1 heterocycles. The fraction of sp³-hybridized carbons (Fsp3) is 0.286. The number of hydrogen-bond acceptors (Lipinski definition) is 5. The van der Waals surface area contributed by atoms with Crippen LogP contribution in [0.4, 0.5) is 0 Å². The lowest BCUT2D eigenvalue weighted by atomic mass is 9.99. The molecule has 28 heavy (non-hydrogen) atoms. The molecule has 1 aromatic heterocycles. The van der Waals surface area contributed by atoms with E-state index in [0.717, 1.165) is 4.68 Å². The van der Waals surface area contributed by atoms with Gasteiger partial charge in [-0.15, -0.1) is 4.68 Å². The van der Waals surface area contributed by atoms with Crippen LogP contribution in [0.25, 0.3) is 10.9 Å². The fourth-order valence-corrected chi connectivity index (χ4v) is 2.56. The molecule has 146 valence electrons. The minimum absolute atomic E-state index is 0.0173. The maximum absolute atomic E-state index is 12.5. The number of rotatable bonds is 5. The molecule has 1 N–H and O–H groups in total. The van der Waals surface area contributed by atoms with Crippen molar-refractivity contribution in [2.45, 2.75) is 20.8 Å². The second-order valence-electron chi connectivity index (χ2n) is 7.60. The third-order valence-corrected chi connectivity index (χ3v) is 3.95. The third-order valence-electron chi connectivity index (χ3n) is 3.95. The quantitative estimate of drug-likeness (QED) is 0.689. The van der Waals surface area contributed by atoms with Crippen molar-refractivity contribution in [2.24, 2.45) is 10.5 Å². The Labute approximate surface area is 162 Å². The van der Waals surface area contributed by atoms with Crippen LogP contribution in [0.2, 0.25) is 0 Å². The standard InChI is InChI=1S/C21H23N3O4/c1-21(2,3)13-28-17-10-9-14(11-18(17)27-4)12-22-24-19(25)15-7-5-6-8-16(15)23-20(24)26/h5-12H,13H2,1-4H3,(H,23,26). The van der Waals surface area contributed by atoms with Gasteiger partial charge in [0.25, 0.3) is 5.56 Å². The third kappa shape index (κ3) is 4.31. The number of nitrogens with zero attached hydrogens (tertiary/aromatic N) is 2. The molecule has 0 amide bonds. The number of hydrogen-bond donors (Lipinski definition) is 1. The zero-order valence-corrected chi connectivity index (χ0v) is 16.4. The van der Waals surface area contributed by atoms with E-state index in [9.17, 15) is 9.59 Å². The van der Waals surface area contributed by atoms with Gasteiger partial charge in [-0.2, -0.15) is 5.10 Å². The molecule has 0 bridgehead atoms. The molecule has 0 fully saturated rings. The van der Waals surface area contributed by atoms with E-state index < -0.39 is 11.2 Å². The van der Waals surface area contributed by atoms with Crippen molar-refractivity contribution in [3.05, 3.63) is 68.9 Å². The van der Waals surface area contributed by atoms with Gasteiger partial charge in [0, 0.05) is 0 Å². The van der Waals surface area contributed by atoms with Gasteiger partial charge in [-0.25, -0.2) is 4.79 Å². The van der Waals surface area contributed by atoms with Crippen LogP contribution in [-0.2, 0) is 0 Å². The van der Waals surface area contributed by atoms with E-state index in [1.54, 1.807) is 49.6 Å². The van der Waals surface area contributed by atoms with Gasteiger partial charge < -0.3 is 14.5 Å². The minimum atomic E-state index is -0.600. The molecule has 7 heteroatoms. The van der Waals surface area contributed by atoms with Crippen LogP contribution in [0.3, 0.4) is 0 Å². The average molecular weight is 381 g/mol. The highest BCUT2D eigenvalue weighted by molar-refractivity contribution is 5.81. The summed E-state index contributed by atoms with van der Waals surface area (Å²) in [7, 11) is 1.55. The van der Waals surface area contributed by atoms with E-state index in [-0.39, 0.29) is 5.41 Å². The van der Waals surface area contributed by atoms with Crippen molar-refractivity contribution in [2.75, 3.05) is 13.7 Å². The Morgan fingerprint density at radius 2 is 1.86 bits per heavy atom. The highest BCUT2D eigenvalue weighted by atomic mass is 16.5. The number of nitrogens with one attached hydrogen (secondary N) is 1. The first kappa shape index (κ1) is 19.4. The van der Waals surface area contributed by atoms with Crippen LogP contribution < -0.4 is 20.7 Å². The zero-order valence-electron chi connectivity index (χ0n) is 16.4. The molecule has 3 aromatic rings. The summed E-state index contributed by atoms with van der Waals surface area (Å²) in [5, 5.41) is 4.45. The number of H-pyrrole nitrogens is 1. The first-order valence-electron chi connectivity index (χ1n) is 8.88. The number of fused-ring (bicyclic) bond motifs is 1. The van der Waals surface area contributed by atoms with Gasteiger partial charge in [0.1, 0.15) is 0 Å². The van der Waals surface area contributed by atoms with Gasteiger partial charge in [-0.1, -0.05) is 32.9 Å². The molecular weight excluding hydrogens is 358 g/mol. The predicted molar refractivity (Wildman–Crippen MR) is 110 cm³/mol. The van der Waals surface area contributed by atoms with Crippen LogP contribution >= 0.6 is 0 Å². The number of aromatic amines is 1. The fourth-order valence-electron chi connectivity index (χ4n) is 2.56. The van der Waals surface area contributed by atoms with E-state index in [0.29, 0.717) is 34.6 Å². The second-order valence-corrected chi connectivity index (χ2v) is 7.60. The van der Waals surface area contributed by atoms with Crippen molar-refractivity contribution < 1.29 is 9.47 Å². The van der Waals surface area contributed by atoms with Gasteiger partial charge in [0.05, 0.1) is 30.8 Å². The van der Waals surface area contributed by atoms with Gasteiger partial charge in [-0.3, -0.25) is 4.79 Å². The molecule has 7 nitrogen and oxygen atoms in total. The van der Waals surface area contributed by atoms with Gasteiger partial charge in [-0.05, 0) is 41.3 Å². The monoisotopic (exact) mass is 381 g/mol. The number of aromatic nitrogens is 2. The topological polar surface area (TPSA) is 85.7 Å². The largest absolute Gasteiger partial charge is 0.493 e. The Morgan fingerprint density at radius 3 is 2.57 bits per heavy atom. The van der Waals surface area contributed by atoms with Crippen molar-refractivity contribution >= 4 is 17.1 Å². The lowest BCUT2D eigenvalue weighted by molar-refractivity contribution is 0.191. The Morgan fingerprint density at radius 1 is 1.11 bits per heavy atom. The molecule has 0 saturated heterocycles. The number of para-hydroxylation sites is 1. The van der Waals surface area contributed by atoms with Crippen molar-refractivity contribution in [3.8, 4) is 11.5 Å². The minimum Gasteiger partial charge on any atom is -0.493 e. The molecule has 0 aliphatic carbocycles. The predicted octanol–water partition coefficient (Wildman–Crippen LogP) is 3.01. The number of benzene rings is 2. The van der Waals surface area contributed by atoms with Crippen LogP contribution in [0.15, 0.2) is 57.2 Å². The Kier molecular flexibility index (Phi) is 5.35. The van der Waals surface area contributed by atoms with E-state index in [1.165, 1.54) is 6.21 Å². The average Bonchev–Trinajstić information content (AvgIpc) is 2.66. The van der Waals surface area contributed by atoms with Crippen molar-refractivity contribution in [1.29, 1.82) is 0 Å². The second kappa shape index (κ2) is 7.72.